The van der Waals surface area contributed by atoms with Crippen LogP contribution in [-0.4, -0.2) is 34.9 Å². The number of amides is 1. The lowest BCUT2D eigenvalue weighted by molar-refractivity contribution is -0.123. The van der Waals surface area contributed by atoms with E-state index in [0.717, 1.165) is 89.9 Å². The van der Waals surface area contributed by atoms with Gasteiger partial charge in [-0.3, -0.25) is 4.79 Å². The molecule has 0 aromatic heterocycles. The normalized spacial score (nSPS) is 13.9. The van der Waals surface area contributed by atoms with Crippen molar-refractivity contribution in [3.05, 3.63) is 109 Å². The number of rotatable bonds is 42. The highest BCUT2D eigenvalue weighted by Crippen LogP contribution is 2.13. The van der Waals surface area contributed by atoms with Crippen molar-refractivity contribution in [2.45, 2.75) is 219 Å². The first-order valence-corrected chi connectivity index (χ1v) is 24.1. The average molecular weight is 802 g/mol. The first-order valence-electron chi connectivity index (χ1n) is 24.1. The Morgan fingerprint density at radius 1 is 0.431 bits per heavy atom. The van der Waals surface area contributed by atoms with Crippen molar-refractivity contribution in [3.63, 3.8) is 0 Å². The maximum absolute atomic E-state index is 12.4. The molecule has 4 nitrogen and oxygen atoms in total. The molecule has 0 spiro atoms. The summed E-state index contributed by atoms with van der Waals surface area (Å²) in [6.45, 7) is 4.17. The molecule has 0 saturated heterocycles. The zero-order valence-electron chi connectivity index (χ0n) is 37.8. The quantitative estimate of drug-likeness (QED) is 0.0425. The fourth-order valence-electron chi connectivity index (χ4n) is 6.56. The van der Waals surface area contributed by atoms with E-state index in [1.165, 1.54) is 96.3 Å². The Bertz CT molecular complexity index is 1140. The molecular formula is C54H91NO3. The van der Waals surface area contributed by atoms with Crippen LogP contribution in [-0.2, 0) is 4.79 Å². The van der Waals surface area contributed by atoms with E-state index in [1.807, 2.05) is 6.08 Å². The molecule has 2 unspecified atom stereocenters. The number of nitrogens with one attached hydrogen (secondary N) is 1. The van der Waals surface area contributed by atoms with E-state index in [4.69, 9.17) is 0 Å². The molecule has 0 rings (SSSR count). The lowest BCUT2D eigenvalue weighted by Crippen LogP contribution is -2.45. The van der Waals surface area contributed by atoms with E-state index < -0.39 is 12.1 Å². The van der Waals surface area contributed by atoms with Gasteiger partial charge in [-0.2, -0.15) is 0 Å². The Labute approximate surface area is 359 Å². The van der Waals surface area contributed by atoms with Gasteiger partial charge < -0.3 is 15.5 Å². The average Bonchev–Trinajstić information content (AvgIpc) is 3.23. The summed E-state index contributed by atoms with van der Waals surface area (Å²) in [4.78, 5) is 12.4. The van der Waals surface area contributed by atoms with Gasteiger partial charge in [-0.05, 0) is 96.3 Å². The Kier molecular flexibility index (Phi) is 46.0. The van der Waals surface area contributed by atoms with Gasteiger partial charge in [-0.15, -0.1) is 0 Å². The van der Waals surface area contributed by atoms with Crippen LogP contribution in [0.4, 0.5) is 0 Å². The van der Waals surface area contributed by atoms with Gasteiger partial charge in [0.1, 0.15) is 0 Å². The van der Waals surface area contributed by atoms with Crippen molar-refractivity contribution in [3.8, 4) is 0 Å². The Balaban J connectivity index is 3.71. The molecular weight excluding hydrogens is 711 g/mol. The second-order valence-electron chi connectivity index (χ2n) is 15.8. The predicted molar refractivity (Wildman–Crippen MR) is 257 cm³/mol. The summed E-state index contributed by atoms with van der Waals surface area (Å²) in [5.41, 5.74) is 0. The third kappa shape index (κ3) is 44.2. The second-order valence-corrected chi connectivity index (χ2v) is 15.8. The maximum Gasteiger partial charge on any atom is 0.220 e. The number of unbranched alkanes of at least 4 members (excludes halogenated alkanes) is 19. The SMILES string of the molecule is CC/C=C\C/C=C\C/C=C\C/C=C\C/C=C\C/C=C\CCCCCCCCC(=O)NC(CO)C(O)/C=C/CC/C=C/CC/C=C/CCCCCCCCCCCCC. The number of carbonyl (C=O) groups excluding carboxylic acids is 1. The lowest BCUT2D eigenvalue weighted by atomic mass is 10.1. The number of allylic oxidation sites excluding steroid dienone is 17. The Morgan fingerprint density at radius 2 is 0.776 bits per heavy atom. The molecule has 0 aromatic carbocycles. The van der Waals surface area contributed by atoms with Crippen LogP contribution in [0.2, 0.25) is 0 Å². The molecule has 58 heavy (non-hydrogen) atoms. The Hall–Kier alpha value is -2.95. The largest absolute Gasteiger partial charge is 0.394 e. The summed E-state index contributed by atoms with van der Waals surface area (Å²) >= 11 is 0. The molecule has 0 aliphatic heterocycles. The molecule has 0 aromatic rings. The van der Waals surface area contributed by atoms with E-state index in [1.54, 1.807) is 6.08 Å². The molecule has 0 saturated carbocycles. The minimum Gasteiger partial charge on any atom is -0.394 e. The summed E-state index contributed by atoms with van der Waals surface area (Å²) in [6, 6.07) is -0.662. The van der Waals surface area contributed by atoms with Crippen molar-refractivity contribution in [2.75, 3.05) is 6.61 Å². The van der Waals surface area contributed by atoms with Gasteiger partial charge in [-0.1, -0.05) is 213 Å². The van der Waals surface area contributed by atoms with Gasteiger partial charge in [0.15, 0.2) is 0 Å². The standard InChI is InChI=1S/C54H91NO3/c1-3-5-7-9-11-13-15-17-19-21-23-25-26-27-28-30-32-34-36-38-40-42-44-46-48-50-54(58)55-52(51-56)53(57)49-47-45-43-41-39-37-35-33-31-29-24-22-20-18-16-14-12-10-8-6-4-2/h5,7,11,13,17,19,23,25,27-28,31-34,39,41,47,49,52-53,56-57H,3-4,6,8-10,12,14-16,18,20-22,24,26,29-30,35-38,40,42-46,48,50-51H2,1-2H3,(H,55,58)/b7-5-,13-11-,19-17-,25-23-,28-27-,33-31+,34-32-,41-39+,49-47+. The van der Waals surface area contributed by atoms with Gasteiger partial charge >= 0.3 is 0 Å². The van der Waals surface area contributed by atoms with Crippen LogP contribution in [0.25, 0.3) is 0 Å². The van der Waals surface area contributed by atoms with E-state index >= 15 is 0 Å². The van der Waals surface area contributed by atoms with Crippen molar-refractivity contribution in [1.82, 2.24) is 5.32 Å². The van der Waals surface area contributed by atoms with Crippen molar-refractivity contribution in [2.24, 2.45) is 0 Å². The van der Waals surface area contributed by atoms with E-state index in [0.29, 0.717) is 6.42 Å². The number of hydrogen-bond acceptors (Lipinski definition) is 3. The van der Waals surface area contributed by atoms with Gasteiger partial charge in [0.2, 0.25) is 5.91 Å². The third-order valence-corrected chi connectivity index (χ3v) is 10.2. The summed E-state index contributed by atoms with van der Waals surface area (Å²) in [6.07, 6.45) is 73.5. The molecule has 0 heterocycles. The van der Waals surface area contributed by atoms with Gasteiger partial charge in [0.25, 0.3) is 0 Å². The first kappa shape index (κ1) is 55.1. The van der Waals surface area contributed by atoms with Crippen molar-refractivity contribution in [1.29, 1.82) is 0 Å². The van der Waals surface area contributed by atoms with Crippen LogP contribution in [0.15, 0.2) is 109 Å². The molecule has 0 bridgehead atoms. The van der Waals surface area contributed by atoms with Crippen LogP contribution in [0.5, 0.6) is 0 Å². The molecule has 0 radical (unpaired) electrons. The molecule has 4 heteroatoms. The molecule has 0 aliphatic carbocycles. The summed E-state index contributed by atoms with van der Waals surface area (Å²) < 4.78 is 0. The summed E-state index contributed by atoms with van der Waals surface area (Å²) in [5.74, 6) is -0.0973. The topological polar surface area (TPSA) is 69.6 Å². The highest BCUT2D eigenvalue weighted by atomic mass is 16.3. The minimum absolute atomic E-state index is 0.0973. The number of aliphatic hydroxyl groups excluding tert-OH is 2. The second kappa shape index (κ2) is 48.4. The predicted octanol–water partition coefficient (Wildman–Crippen LogP) is 15.6. The summed E-state index contributed by atoms with van der Waals surface area (Å²) in [7, 11) is 0. The molecule has 0 fully saturated rings. The monoisotopic (exact) mass is 802 g/mol. The van der Waals surface area contributed by atoms with Gasteiger partial charge in [-0.25, -0.2) is 0 Å². The van der Waals surface area contributed by atoms with Crippen LogP contribution in [0, 0.1) is 0 Å². The van der Waals surface area contributed by atoms with Crippen LogP contribution < -0.4 is 5.32 Å². The molecule has 2 atom stereocenters. The zero-order chi connectivity index (χ0) is 42.1. The number of hydrogen-bond donors (Lipinski definition) is 3. The molecule has 1 amide bonds. The number of aliphatic hydroxyl groups is 2. The minimum atomic E-state index is -0.885. The maximum atomic E-state index is 12.4. The highest BCUT2D eigenvalue weighted by molar-refractivity contribution is 5.76. The molecule has 3 N–H and O–H groups in total. The van der Waals surface area contributed by atoms with Crippen molar-refractivity contribution >= 4 is 5.91 Å². The fraction of sp³-hybridized carbons (Fsp3) is 0.648. The number of carbonyl (C=O) groups is 1. The Morgan fingerprint density at radius 3 is 1.21 bits per heavy atom. The fourth-order valence-corrected chi connectivity index (χ4v) is 6.56. The third-order valence-electron chi connectivity index (χ3n) is 10.2. The smallest absolute Gasteiger partial charge is 0.220 e. The van der Waals surface area contributed by atoms with Gasteiger partial charge in [0, 0.05) is 6.42 Å². The van der Waals surface area contributed by atoms with E-state index in [-0.39, 0.29) is 12.5 Å². The van der Waals surface area contributed by atoms with Crippen LogP contribution in [0.3, 0.4) is 0 Å². The zero-order valence-corrected chi connectivity index (χ0v) is 37.8. The van der Waals surface area contributed by atoms with Gasteiger partial charge in [0.05, 0.1) is 18.8 Å². The van der Waals surface area contributed by atoms with Crippen molar-refractivity contribution < 1.29 is 15.0 Å². The molecule has 0 aliphatic rings. The molecule has 330 valence electrons. The summed E-state index contributed by atoms with van der Waals surface area (Å²) in [5, 5.41) is 23.0. The van der Waals surface area contributed by atoms with Crippen LogP contribution >= 0.6 is 0 Å². The first-order chi connectivity index (χ1) is 28.7. The van der Waals surface area contributed by atoms with E-state index in [2.05, 4.69) is 116 Å². The highest BCUT2D eigenvalue weighted by Gasteiger charge is 2.17. The lowest BCUT2D eigenvalue weighted by Gasteiger charge is -2.19. The van der Waals surface area contributed by atoms with E-state index in [9.17, 15) is 15.0 Å². The van der Waals surface area contributed by atoms with Crippen LogP contribution in [0.1, 0.15) is 206 Å².